The van der Waals surface area contributed by atoms with Gasteiger partial charge in [-0.3, -0.25) is 10.9 Å². The molecule has 0 heterocycles. The van der Waals surface area contributed by atoms with Gasteiger partial charge < -0.3 is 0 Å². The highest BCUT2D eigenvalue weighted by Crippen LogP contribution is 2.21. The number of halogens is 4. The molecule has 0 aliphatic rings. The summed E-state index contributed by atoms with van der Waals surface area (Å²) in [5.41, 5.74) is 8.24. The molecular weight excluding hydrogens is 444 g/mol. The molecule has 0 fully saturated rings. The first-order chi connectivity index (χ1) is 16.5. The molecule has 0 aromatic heterocycles. The second-order valence-corrected chi connectivity index (χ2v) is 7.24. The molecule has 0 atom stereocenters. The Morgan fingerprint density at radius 2 is 1.09 bits per heavy atom. The summed E-state index contributed by atoms with van der Waals surface area (Å²) in [5, 5.41) is 7.92. The Balaban J connectivity index is 1.41. The van der Waals surface area contributed by atoms with Crippen molar-refractivity contribution in [3.8, 4) is 11.1 Å². The number of hydrogen-bond acceptors (Lipinski definition) is 4. The van der Waals surface area contributed by atoms with Crippen LogP contribution in [0.4, 0.5) is 28.9 Å². The topological polar surface area (TPSA) is 48.8 Å². The SMILES string of the molecule is Fc1ccc(F)c(N/N=C/c2ccc(-c3cccc(/C=N/Nc4cc(F)ccc4F)c3)cc2)c1. The van der Waals surface area contributed by atoms with Crippen LogP contribution in [0.3, 0.4) is 0 Å². The number of nitrogens with one attached hydrogen (secondary N) is 2. The van der Waals surface area contributed by atoms with Gasteiger partial charge in [-0.05, 0) is 52.6 Å². The zero-order valence-corrected chi connectivity index (χ0v) is 17.6. The molecule has 2 N–H and O–H groups in total. The van der Waals surface area contributed by atoms with Gasteiger partial charge in [-0.25, -0.2) is 17.6 Å². The van der Waals surface area contributed by atoms with E-state index in [0.717, 1.165) is 58.7 Å². The molecule has 0 aliphatic heterocycles. The molecule has 0 aliphatic carbocycles. The maximum absolute atomic E-state index is 13.7. The number of hydrogen-bond donors (Lipinski definition) is 2. The Kier molecular flexibility index (Phi) is 6.98. The summed E-state index contributed by atoms with van der Waals surface area (Å²) >= 11 is 0. The van der Waals surface area contributed by atoms with Crippen molar-refractivity contribution in [3.05, 3.63) is 119 Å². The molecular formula is C26H18F4N4. The number of anilines is 2. The normalized spacial score (nSPS) is 11.3. The maximum atomic E-state index is 13.7. The van der Waals surface area contributed by atoms with Crippen molar-refractivity contribution >= 4 is 23.8 Å². The zero-order valence-electron chi connectivity index (χ0n) is 17.6. The lowest BCUT2D eigenvalue weighted by Crippen LogP contribution is -1.95. The molecule has 0 saturated carbocycles. The van der Waals surface area contributed by atoms with E-state index in [0.29, 0.717) is 0 Å². The molecule has 170 valence electrons. The van der Waals surface area contributed by atoms with E-state index in [1.807, 2.05) is 48.5 Å². The van der Waals surface area contributed by atoms with Crippen LogP contribution in [0.15, 0.2) is 95.1 Å². The minimum absolute atomic E-state index is 0.0547. The van der Waals surface area contributed by atoms with Crippen molar-refractivity contribution in [1.82, 2.24) is 0 Å². The summed E-state index contributed by atoms with van der Waals surface area (Å²) in [5.74, 6) is -2.33. The average Bonchev–Trinajstić information content (AvgIpc) is 2.84. The third-order valence-corrected chi connectivity index (χ3v) is 4.78. The number of rotatable bonds is 7. The number of hydrazone groups is 2. The van der Waals surface area contributed by atoms with Crippen LogP contribution >= 0.6 is 0 Å². The van der Waals surface area contributed by atoms with Crippen molar-refractivity contribution in [2.24, 2.45) is 10.2 Å². The van der Waals surface area contributed by atoms with Crippen molar-refractivity contribution in [3.63, 3.8) is 0 Å². The summed E-state index contributed by atoms with van der Waals surface area (Å²) in [6.07, 6.45) is 3.00. The van der Waals surface area contributed by atoms with Gasteiger partial charge in [-0.1, -0.05) is 42.5 Å². The van der Waals surface area contributed by atoms with Gasteiger partial charge in [0.1, 0.15) is 23.3 Å². The second-order valence-electron chi connectivity index (χ2n) is 7.24. The summed E-state index contributed by atoms with van der Waals surface area (Å²) in [7, 11) is 0. The molecule has 0 amide bonds. The van der Waals surface area contributed by atoms with Gasteiger partial charge in [-0.2, -0.15) is 10.2 Å². The highest BCUT2D eigenvalue weighted by Gasteiger charge is 2.03. The lowest BCUT2D eigenvalue weighted by molar-refractivity contribution is 0.603. The first-order valence-corrected chi connectivity index (χ1v) is 10.2. The molecule has 0 spiro atoms. The molecule has 0 radical (unpaired) electrons. The van der Waals surface area contributed by atoms with E-state index in [1.54, 1.807) is 0 Å². The Morgan fingerprint density at radius 3 is 1.68 bits per heavy atom. The summed E-state index contributed by atoms with van der Waals surface area (Å²) in [6.45, 7) is 0. The van der Waals surface area contributed by atoms with Gasteiger partial charge in [0.15, 0.2) is 0 Å². The Morgan fingerprint density at radius 1 is 0.529 bits per heavy atom. The minimum Gasteiger partial charge on any atom is -0.275 e. The van der Waals surface area contributed by atoms with Gasteiger partial charge in [0.25, 0.3) is 0 Å². The lowest BCUT2D eigenvalue weighted by Gasteiger charge is -2.05. The van der Waals surface area contributed by atoms with Crippen molar-refractivity contribution < 1.29 is 17.6 Å². The molecule has 4 aromatic carbocycles. The van der Waals surface area contributed by atoms with E-state index < -0.39 is 23.3 Å². The van der Waals surface area contributed by atoms with E-state index in [9.17, 15) is 17.6 Å². The number of nitrogens with zero attached hydrogens (tertiary/aromatic N) is 2. The van der Waals surface area contributed by atoms with Crippen LogP contribution in [0, 0.1) is 23.3 Å². The molecule has 4 nitrogen and oxygen atoms in total. The predicted molar refractivity (Wildman–Crippen MR) is 127 cm³/mol. The molecule has 34 heavy (non-hydrogen) atoms. The van der Waals surface area contributed by atoms with Crippen LogP contribution in [-0.2, 0) is 0 Å². The monoisotopic (exact) mass is 462 g/mol. The van der Waals surface area contributed by atoms with Gasteiger partial charge in [-0.15, -0.1) is 0 Å². The van der Waals surface area contributed by atoms with Crippen LogP contribution in [0.1, 0.15) is 11.1 Å². The van der Waals surface area contributed by atoms with Gasteiger partial charge in [0.05, 0.1) is 23.8 Å². The Bertz CT molecular complexity index is 1350. The quantitative estimate of drug-likeness (QED) is 0.180. The highest BCUT2D eigenvalue weighted by molar-refractivity contribution is 5.84. The lowest BCUT2D eigenvalue weighted by atomic mass is 10.0. The maximum Gasteiger partial charge on any atom is 0.148 e. The molecule has 4 aromatic rings. The van der Waals surface area contributed by atoms with Crippen LogP contribution in [0.2, 0.25) is 0 Å². The molecule has 0 unspecified atom stereocenters. The van der Waals surface area contributed by atoms with Crippen molar-refractivity contribution in [2.75, 3.05) is 10.9 Å². The summed E-state index contributed by atoms with van der Waals surface area (Å²) in [4.78, 5) is 0. The summed E-state index contributed by atoms with van der Waals surface area (Å²) in [6, 6.07) is 21.1. The fourth-order valence-electron chi connectivity index (χ4n) is 3.08. The Hall–Kier alpha value is -4.46. The fourth-order valence-corrected chi connectivity index (χ4v) is 3.08. The fraction of sp³-hybridized carbons (Fsp3) is 0. The van der Waals surface area contributed by atoms with Gasteiger partial charge >= 0.3 is 0 Å². The van der Waals surface area contributed by atoms with E-state index in [4.69, 9.17) is 0 Å². The molecule has 0 saturated heterocycles. The predicted octanol–water partition coefficient (Wildman–Crippen LogP) is 6.80. The first kappa shape index (κ1) is 22.7. The smallest absolute Gasteiger partial charge is 0.148 e. The van der Waals surface area contributed by atoms with Crippen molar-refractivity contribution in [2.45, 2.75) is 0 Å². The molecule has 4 rings (SSSR count). The van der Waals surface area contributed by atoms with Crippen LogP contribution in [-0.4, -0.2) is 12.4 Å². The third-order valence-electron chi connectivity index (χ3n) is 4.78. The van der Waals surface area contributed by atoms with Crippen molar-refractivity contribution in [1.29, 1.82) is 0 Å². The molecule has 0 bridgehead atoms. The third kappa shape index (κ3) is 5.86. The molecule has 8 heteroatoms. The minimum atomic E-state index is -0.604. The average molecular weight is 462 g/mol. The van der Waals surface area contributed by atoms with Crippen LogP contribution in [0.25, 0.3) is 11.1 Å². The largest absolute Gasteiger partial charge is 0.275 e. The summed E-state index contributed by atoms with van der Waals surface area (Å²) < 4.78 is 53.7. The van der Waals surface area contributed by atoms with Crippen LogP contribution < -0.4 is 10.9 Å². The van der Waals surface area contributed by atoms with Crippen LogP contribution in [0.5, 0.6) is 0 Å². The van der Waals surface area contributed by atoms with E-state index in [-0.39, 0.29) is 11.4 Å². The van der Waals surface area contributed by atoms with E-state index in [2.05, 4.69) is 21.1 Å². The van der Waals surface area contributed by atoms with E-state index >= 15 is 0 Å². The zero-order chi connectivity index (χ0) is 23.9. The first-order valence-electron chi connectivity index (χ1n) is 10.2. The standard InChI is InChI=1S/C26H18F4N4/c27-21-8-10-23(29)25(13-21)33-31-15-17-4-6-19(7-5-17)20-3-1-2-18(12-20)16-32-34-26-14-22(28)9-11-24(26)30/h1-16,33-34H/b31-15+,32-16+. The Labute approximate surface area is 193 Å². The number of benzene rings is 4. The van der Waals surface area contributed by atoms with E-state index in [1.165, 1.54) is 12.4 Å². The van der Waals surface area contributed by atoms with Gasteiger partial charge in [0, 0.05) is 12.1 Å². The second kappa shape index (κ2) is 10.4. The van der Waals surface area contributed by atoms with Gasteiger partial charge in [0.2, 0.25) is 0 Å². The highest BCUT2D eigenvalue weighted by atomic mass is 19.1.